The predicted molar refractivity (Wildman–Crippen MR) is 63.9 cm³/mol. The summed E-state index contributed by atoms with van der Waals surface area (Å²) >= 11 is 5.51. The van der Waals surface area contributed by atoms with Gasteiger partial charge in [0.25, 0.3) is 0 Å². The summed E-state index contributed by atoms with van der Waals surface area (Å²) in [5.74, 6) is -0.600. The van der Waals surface area contributed by atoms with Gasteiger partial charge in [-0.15, -0.1) is 11.6 Å². The van der Waals surface area contributed by atoms with Crippen molar-refractivity contribution in [3.8, 4) is 0 Å². The largest absolute Gasteiger partial charge is 0.270 e. The monoisotopic (exact) mass is 265 g/mol. The summed E-state index contributed by atoms with van der Waals surface area (Å²) in [6.07, 6.45) is 0. The molecule has 0 radical (unpaired) electrons. The SMILES string of the molecule is CC(CCl)S(=O)(=O)N(C)c1ccccc1F. The Morgan fingerprint density at radius 1 is 1.44 bits per heavy atom. The molecule has 0 N–H and O–H groups in total. The van der Waals surface area contributed by atoms with Crippen LogP contribution >= 0.6 is 11.6 Å². The molecule has 90 valence electrons. The Bertz CT molecular complexity index is 464. The molecule has 0 aromatic heterocycles. The topological polar surface area (TPSA) is 37.4 Å². The van der Waals surface area contributed by atoms with E-state index in [4.69, 9.17) is 11.6 Å². The van der Waals surface area contributed by atoms with E-state index in [2.05, 4.69) is 0 Å². The quantitative estimate of drug-likeness (QED) is 0.783. The van der Waals surface area contributed by atoms with E-state index in [1.165, 1.54) is 32.2 Å². The minimum Gasteiger partial charge on any atom is -0.270 e. The van der Waals surface area contributed by atoms with Crippen LogP contribution in [0.1, 0.15) is 6.92 Å². The lowest BCUT2D eigenvalue weighted by atomic mass is 10.3. The van der Waals surface area contributed by atoms with Gasteiger partial charge in [-0.25, -0.2) is 12.8 Å². The van der Waals surface area contributed by atoms with Crippen LogP contribution in [0.25, 0.3) is 0 Å². The lowest BCUT2D eigenvalue weighted by molar-refractivity contribution is 0.582. The van der Waals surface area contributed by atoms with Crippen LogP contribution < -0.4 is 4.31 Å². The summed E-state index contributed by atoms with van der Waals surface area (Å²) in [5.41, 5.74) is 0.0273. The lowest BCUT2D eigenvalue weighted by Gasteiger charge is -2.22. The first kappa shape index (κ1) is 13.3. The van der Waals surface area contributed by atoms with E-state index in [1.807, 2.05) is 0 Å². The molecule has 1 atom stereocenters. The number of halogens is 2. The Balaban J connectivity index is 3.13. The zero-order valence-corrected chi connectivity index (χ0v) is 10.6. The van der Waals surface area contributed by atoms with Crippen molar-refractivity contribution in [1.29, 1.82) is 0 Å². The maximum absolute atomic E-state index is 13.4. The molecule has 0 aliphatic heterocycles. The summed E-state index contributed by atoms with van der Waals surface area (Å²) in [5, 5.41) is -0.751. The van der Waals surface area contributed by atoms with Gasteiger partial charge in [0, 0.05) is 12.9 Å². The van der Waals surface area contributed by atoms with Gasteiger partial charge >= 0.3 is 0 Å². The minimum atomic E-state index is -3.60. The van der Waals surface area contributed by atoms with Crippen molar-refractivity contribution in [3.63, 3.8) is 0 Å². The molecular formula is C10H13ClFNO2S. The van der Waals surface area contributed by atoms with Crippen molar-refractivity contribution in [2.45, 2.75) is 12.2 Å². The van der Waals surface area contributed by atoms with Crippen molar-refractivity contribution in [2.24, 2.45) is 0 Å². The number of benzene rings is 1. The Labute approximate surface area is 99.9 Å². The Kier molecular flexibility index (Phi) is 4.15. The van der Waals surface area contributed by atoms with Crippen LogP contribution in [0.3, 0.4) is 0 Å². The molecule has 0 spiro atoms. The Morgan fingerprint density at radius 2 is 2.00 bits per heavy atom. The zero-order valence-electron chi connectivity index (χ0n) is 9.02. The van der Waals surface area contributed by atoms with Crippen molar-refractivity contribution < 1.29 is 12.8 Å². The van der Waals surface area contributed by atoms with Crippen molar-refractivity contribution in [2.75, 3.05) is 17.2 Å². The predicted octanol–water partition coefficient (Wildman–Crippen LogP) is 2.22. The molecule has 1 rings (SSSR count). The first-order chi connectivity index (χ1) is 7.41. The van der Waals surface area contributed by atoms with Gasteiger partial charge in [-0.2, -0.15) is 0 Å². The maximum atomic E-state index is 13.4. The van der Waals surface area contributed by atoms with E-state index >= 15 is 0 Å². The third kappa shape index (κ3) is 2.47. The van der Waals surface area contributed by atoms with Crippen LogP contribution in [0.4, 0.5) is 10.1 Å². The molecule has 0 aliphatic carbocycles. The highest BCUT2D eigenvalue weighted by molar-refractivity contribution is 7.93. The van der Waals surface area contributed by atoms with E-state index < -0.39 is 21.1 Å². The van der Waals surface area contributed by atoms with Gasteiger partial charge in [0.15, 0.2) is 0 Å². The lowest BCUT2D eigenvalue weighted by Crippen LogP contribution is -2.36. The Morgan fingerprint density at radius 3 is 2.50 bits per heavy atom. The van der Waals surface area contributed by atoms with Gasteiger partial charge in [0.05, 0.1) is 10.9 Å². The third-order valence-corrected chi connectivity index (χ3v) is 5.09. The average molecular weight is 266 g/mol. The molecule has 3 nitrogen and oxygen atoms in total. The molecule has 0 bridgehead atoms. The summed E-state index contributed by atoms with van der Waals surface area (Å²) in [4.78, 5) is 0. The van der Waals surface area contributed by atoms with Crippen LogP contribution in [0.15, 0.2) is 24.3 Å². The molecule has 0 heterocycles. The molecule has 1 unspecified atom stereocenters. The molecule has 0 aliphatic rings. The number of rotatable bonds is 4. The normalized spacial score (nSPS) is 13.5. The second-order valence-electron chi connectivity index (χ2n) is 3.43. The van der Waals surface area contributed by atoms with Crippen LogP contribution in [0.2, 0.25) is 0 Å². The average Bonchev–Trinajstić information content (AvgIpc) is 2.27. The Hall–Kier alpha value is -0.810. The van der Waals surface area contributed by atoms with Gasteiger partial charge in [-0.1, -0.05) is 12.1 Å². The second-order valence-corrected chi connectivity index (χ2v) is 6.12. The fourth-order valence-electron chi connectivity index (χ4n) is 1.19. The molecule has 1 aromatic carbocycles. The highest BCUT2D eigenvalue weighted by Gasteiger charge is 2.26. The van der Waals surface area contributed by atoms with Gasteiger partial charge in [0.2, 0.25) is 10.0 Å². The molecule has 0 amide bonds. The summed E-state index contributed by atoms with van der Waals surface area (Å²) < 4.78 is 38.1. The number of sulfonamides is 1. The number of anilines is 1. The highest BCUT2D eigenvalue weighted by Crippen LogP contribution is 2.22. The smallest absolute Gasteiger partial charge is 0.238 e. The van der Waals surface area contributed by atoms with Gasteiger partial charge in [-0.05, 0) is 19.1 Å². The highest BCUT2D eigenvalue weighted by atomic mass is 35.5. The fraction of sp³-hybridized carbons (Fsp3) is 0.400. The minimum absolute atomic E-state index is 0.0267. The van der Waals surface area contributed by atoms with Crippen LogP contribution in [-0.4, -0.2) is 26.6 Å². The standard InChI is InChI=1S/C10H13ClFNO2S/c1-8(7-11)16(14,15)13(2)10-6-4-3-5-9(10)12/h3-6,8H,7H2,1-2H3. The molecule has 16 heavy (non-hydrogen) atoms. The van der Waals surface area contributed by atoms with Crippen molar-refractivity contribution in [3.05, 3.63) is 30.1 Å². The number of hydrogen-bond acceptors (Lipinski definition) is 2. The first-order valence-corrected chi connectivity index (χ1v) is 6.73. The zero-order chi connectivity index (χ0) is 12.3. The van der Waals surface area contributed by atoms with E-state index in [0.29, 0.717) is 0 Å². The molecular weight excluding hydrogens is 253 g/mol. The molecule has 0 saturated carbocycles. The third-order valence-electron chi connectivity index (χ3n) is 2.30. The fourth-order valence-corrected chi connectivity index (χ4v) is 2.79. The molecule has 6 heteroatoms. The number of alkyl halides is 1. The number of nitrogens with zero attached hydrogens (tertiary/aromatic N) is 1. The van der Waals surface area contributed by atoms with Crippen molar-refractivity contribution in [1.82, 2.24) is 0 Å². The summed E-state index contributed by atoms with van der Waals surface area (Å²) in [6, 6.07) is 5.71. The number of hydrogen-bond donors (Lipinski definition) is 0. The van der Waals surface area contributed by atoms with Crippen molar-refractivity contribution >= 4 is 27.3 Å². The van der Waals surface area contributed by atoms with Gasteiger partial charge in [0.1, 0.15) is 5.82 Å². The van der Waals surface area contributed by atoms with E-state index in [1.54, 1.807) is 6.07 Å². The summed E-state index contributed by atoms with van der Waals surface area (Å²) in [6.45, 7) is 1.49. The van der Waals surface area contributed by atoms with Gasteiger partial charge in [-0.3, -0.25) is 4.31 Å². The van der Waals surface area contributed by atoms with E-state index in [0.717, 1.165) is 4.31 Å². The van der Waals surface area contributed by atoms with Gasteiger partial charge < -0.3 is 0 Å². The van der Waals surface area contributed by atoms with Crippen LogP contribution in [-0.2, 0) is 10.0 Å². The molecule has 0 fully saturated rings. The van der Waals surface area contributed by atoms with Crippen LogP contribution in [0, 0.1) is 5.82 Å². The number of para-hydroxylation sites is 1. The van der Waals surface area contributed by atoms with E-state index in [9.17, 15) is 12.8 Å². The first-order valence-electron chi connectivity index (χ1n) is 4.69. The molecule has 0 saturated heterocycles. The summed E-state index contributed by atoms with van der Waals surface area (Å²) in [7, 11) is -2.29. The maximum Gasteiger partial charge on any atom is 0.238 e. The molecule has 1 aromatic rings. The van der Waals surface area contributed by atoms with Crippen LogP contribution in [0.5, 0.6) is 0 Å². The van der Waals surface area contributed by atoms with E-state index in [-0.39, 0.29) is 11.6 Å². The second kappa shape index (κ2) is 5.01.